The van der Waals surface area contributed by atoms with E-state index in [1.54, 1.807) is 13.3 Å². The molecule has 76 valence electrons. The zero-order valence-electron chi connectivity index (χ0n) is 8.36. The van der Waals surface area contributed by atoms with E-state index < -0.39 is 0 Å². The van der Waals surface area contributed by atoms with Gasteiger partial charge in [0.1, 0.15) is 6.33 Å². The van der Waals surface area contributed by atoms with Gasteiger partial charge in [-0.25, -0.2) is 9.97 Å². The van der Waals surface area contributed by atoms with E-state index in [0.29, 0.717) is 5.88 Å². The number of nitrogens with two attached hydrogens (primary N) is 1. The third-order valence-electron chi connectivity index (χ3n) is 2.72. The van der Waals surface area contributed by atoms with Gasteiger partial charge < -0.3 is 10.5 Å². The summed E-state index contributed by atoms with van der Waals surface area (Å²) in [6, 6.07) is 0. The van der Waals surface area contributed by atoms with Crippen molar-refractivity contribution in [2.75, 3.05) is 7.11 Å². The predicted molar refractivity (Wildman–Crippen MR) is 53.1 cm³/mol. The van der Waals surface area contributed by atoms with Gasteiger partial charge in [-0.3, -0.25) is 0 Å². The second-order valence-electron chi connectivity index (χ2n) is 3.92. The van der Waals surface area contributed by atoms with Crippen LogP contribution in [0, 0.1) is 0 Å². The highest BCUT2D eigenvalue weighted by Gasteiger charge is 2.37. The molecule has 0 radical (unpaired) electrons. The van der Waals surface area contributed by atoms with Crippen LogP contribution in [-0.2, 0) is 6.42 Å². The minimum absolute atomic E-state index is 0.0842. The van der Waals surface area contributed by atoms with Crippen LogP contribution in [0.15, 0.2) is 12.5 Å². The van der Waals surface area contributed by atoms with Crippen LogP contribution in [0.4, 0.5) is 0 Å². The highest BCUT2D eigenvalue weighted by Crippen LogP contribution is 2.37. The second kappa shape index (κ2) is 3.53. The molecule has 2 rings (SSSR count). The summed E-state index contributed by atoms with van der Waals surface area (Å²) in [5.41, 5.74) is 7.14. The van der Waals surface area contributed by atoms with Gasteiger partial charge in [0, 0.05) is 17.3 Å². The van der Waals surface area contributed by atoms with E-state index >= 15 is 0 Å². The highest BCUT2D eigenvalue weighted by atomic mass is 16.5. The fourth-order valence-corrected chi connectivity index (χ4v) is 1.50. The molecule has 0 aromatic carbocycles. The van der Waals surface area contributed by atoms with Crippen LogP contribution in [0.5, 0.6) is 5.88 Å². The van der Waals surface area contributed by atoms with Crippen molar-refractivity contribution in [3.8, 4) is 5.88 Å². The Morgan fingerprint density at radius 3 is 3.00 bits per heavy atom. The van der Waals surface area contributed by atoms with E-state index in [1.165, 1.54) is 6.33 Å². The van der Waals surface area contributed by atoms with Gasteiger partial charge >= 0.3 is 0 Å². The standard InChI is InChI=1S/C10H15N3O/c1-14-9-8(6-12-7-13-9)2-3-10(11)4-5-10/h6-7H,2-5,11H2,1H3. The molecule has 0 spiro atoms. The number of hydrogen-bond donors (Lipinski definition) is 1. The molecule has 0 saturated heterocycles. The molecular formula is C10H15N3O. The Kier molecular flexibility index (Phi) is 2.37. The first-order valence-electron chi connectivity index (χ1n) is 4.85. The van der Waals surface area contributed by atoms with Crippen molar-refractivity contribution >= 4 is 0 Å². The third-order valence-corrected chi connectivity index (χ3v) is 2.72. The summed E-state index contributed by atoms with van der Waals surface area (Å²) in [4.78, 5) is 8.03. The highest BCUT2D eigenvalue weighted by molar-refractivity contribution is 5.23. The number of aromatic nitrogens is 2. The van der Waals surface area contributed by atoms with Gasteiger partial charge in [0.25, 0.3) is 0 Å². The molecule has 1 aromatic rings. The Morgan fingerprint density at radius 2 is 2.36 bits per heavy atom. The molecule has 4 nitrogen and oxygen atoms in total. The fourth-order valence-electron chi connectivity index (χ4n) is 1.50. The lowest BCUT2D eigenvalue weighted by Gasteiger charge is -2.09. The van der Waals surface area contributed by atoms with Gasteiger partial charge in [-0.15, -0.1) is 0 Å². The number of hydrogen-bond acceptors (Lipinski definition) is 4. The van der Waals surface area contributed by atoms with Gasteiger partial charge in [0.15, 0.2) is 0 Å². The van der Waals surface area contributed by atoms with Crippen molar-refractivity contribution in [3.63, 3.8) is 0 Å². The number of rotatable bonds is 4. The lowest BCUT2D eigenvalue weighted by molar-refractivity contribution is 0.389. The molecule has 1 saturated carbocycles. The topological polar surface area (TPSA) is 61.0 Å². The van der Waals surface area contributed by atoms with Crippen molar-refractivity contribution < 1.29 is 4.74 Å². The van der Waals surface area contributed by atoms with Gasteiger partial charge in [0.2, 0.25) is 5.88 Å². The summed E-state index contributed by atoms with van der Waals surface area (Å²) in [6.07, 6.45) is 7.48. The normalized spacial score (nSPS) is 17.9. The number of ether oxygens (including phenoxy) is 1. The maximum atomic E-state index is 6.00. The molecule has 1 heterocycles. The monoisotopic (exact) mass is 193 g/mol. The lowest BCUT2D eigenvalue weighted by atomic mass is 10.1. The van der Waals surface area contributed by atoms with Gasteiger partial charge in [-0.05, 0) is 25.7 Å². The molecule has 0 amide bonds. The second-order valence-corrected chi connectivity index (χ2v) is 3.92. The van der Waals surface area contributed by atoms with E-state index in [9.17, 15) is 0 Å². The van der Waals surface area contributed by atoms with Crippen LogP contribution in [-0.4, -0.2) is 22.6 Å². The average Bonchev–Trinajstić information content (AvgIpc) is 2.95. The summed E-state index contributed by atoms with van der Waals surface area (Å²) in [6.45, 7) is 0. The molecule has 14 heavy (non-hydrogen) atoms. The van der Waals surface area contributed by atoms with Gasteiger partial charge in [-0.2, -0.15) is 0 Å². The zero-order chi connectivity index (χ0) is 10.0. The van der Waals surface area contributed by atoms with E-state index in [-0.39, 0.29) is 5.54 Å². The van der Waals surface area contributed by atoms with E-state index in [2.05, 4.69) is 9.97 Å². The van der Waals surface area contributed by atoms with E-state index in [4.69, 9.17) is 10.5 Å². The van der Waals surface area contributed by atoms with Crippen LogP contribution < -0.4 is 10.5 Å². The Morgan fingerprint density at radius 1 is 1.57 bits per heavy atom. The van der Waals surface area contributed by atoms with Crippen LogP contribution in [0.2, 0.25) is 0 Å². The molecule has 0 unspecified atom stereocenters. The molecule has 1 fully saturated rings. The molecule has 0 bridgehead atoms. The number of methoxy groups -OCH3 is 1. The molecule has 1 aromatic heterocycles. The molecule has 1 aliphatic rings. The van der Waals surface area contributed by atoms with Gasteiger partial charge in [0.05, 0.1) is 7.11 Å². The van der Waals surface area contributed by atoms with Crippen molar-refractivity contribution in [1.29, 1.82) is 0 Å². The Labute approximate surface area is 83.5 Å². The average molecular weight is 193 g/mol. The summed E-state index contributed by atoms with van der Waals surface area (Å²) < 4.78 is 5.14. The van der Waals surface area contributed by atoms with Gasteiger partial charge in [-0.1, -0.05) is 0 Å². The number of aryl methyl sites for hydroxylation is 1. The summed E-state index contributed by atoms with van der Waals surface area (Å²) in [5, 5.41) is 0. The van der Waals surface area contributed by atoms with Crippen LogP contribution in [0.1, 0.15) is 24.8 Å². The SMILES string of the molecule is COc1ncncc1CCC1(N)CC1. The van der Waals surface area contributed by atoms with Crippen molar-refractivity contribution in [3.05, 3.63) is 18.1 Å². The predicted octanol–water partition coefficient (Wildman–Crippen LogP) is 0.909. The van der Waals surface area contributed by atoms with E-state index in [1.807, 2.05) is 0 Å². The molecule has 0 atom stereocenters. The zero-order valence-corrected chi connectivity index (χ0v) is 8.36. The smallest absolute Gasteiger partial charge is 0.219 e. The maximum absolute atomic E-state index is 6.00. The van der Waals surface area contributed by atoms with E-state index in [0.717, 1.165) is 31.2 Å². The minimum Gasteiger partial charge on any atom is -0.481 e. The van der Waals surface area contributed by atoms with Crippen LogP contribution in [0.25, 0.3) is 0 Å². The Balaban J connectivity index is 2.00. The first-order chi connectivity index (χ1) is 6.73. The van der Waals surface area contributed by atoms with Crippen molar-refractivity contribution in [2.45, 2.75) is 31.2 Å². The largest absolute Gasteiger partial charge is 0.481 e. The quantitative estimate of drug-likeness (QED) is 0.772. The van der Waals surface area contributed by atoms with Crippen molar-refractivity contribution in [2.24, 2.45) is 5.73 Å². The molecule has 4 heteroatoms. The van der Waals surface area contributed by atoms with Crippen molar-refractivity contribution in [1.82, 2.24) is 9.97 Å². The Bertz CT molecular complexity index is 323. The molecule has 2 N–H and O–H groups in total. The van der Waals surface area contributed by atoms with Crippen LogP contribution in [0.3, 0.4) is 0 Å². The Hall–Kier alpha value is -1.16. The minimum atomic E-state index is 0.0842. The van der Waals surface area contributed by atoms with Crippen LogP contribution >= 0.6 is 0 Å². The molecular weight excluding hydrogens is 178 g/mol. The fraction of sp³-hybridized carbons (Fsp3) is 0.600. The first-order valence-corrected chi connectivity index (χ1v) is 4.85. The summed E-state index contributed by atoms with van der Waals surface area (Å²) >= 11 is 0. The first kappa shape index (κ1) is 9.40. The lowest BCUT2D eigenvalue weighted by Crippen LogP contribution is -2.22. The summed E-state index contributed by atoms with van der Waals surface area (Å²) in [5.74, 6) is 0.671. The number of nitrogens with zero attached hydrogens (tertiary/aromatic N) is 2. The molecule has 1 aliphatic carbocycles. The molecule has 0 aliphatic heterocycles. The maximum Gasteiger partial charge on any atom is 0.219 e. The third kappa shape index (κ3) is 2.01. The summed E-state index contributed by atoms with van der Waals surface area (Å²) in [7, 11) is 1.63.